The van der Waals surface area contributed by atoms with E-state index in [0.717, 1.165) is 0 Å². The van der Waals surface area contributed by atoms with Gasteiger partial charge < -0.3 is 19.5 Å². The maximum Gasteiger partial charge on any atom is 0.340 e. The number of halogens is 2. The zero-order chi connectivity index (χ0) is 20.7. The highest BCUT2D eigenvalue weighted by molar-refractivity contribution is 7.99. The second-order valence-electron chi connectivity index (χ2n) is 5.52. The van der Waals surface area contributed by atoms with E-state index in [2.05, 4.69) is 5.32 Å². The van der Waals surface area contributed by atoms with Crippen LogP contribution < -0.4 is 14.8 Å². The van der Waals surface area contributed by atoms with Crippen molar-refractivity contribution < 1.29 is 28.2 Å². The molecular weight excluding hydrogens is 409 g/mol. The second-order valence-corrected chi connectivity index (χ2v) is 6.94. The number of methoxy groups -OCH3 is 3. The van der Waals surface area contributed by atoms with E-state index in [0.29, 0.717) is 27.8 Å². The Balaban J connectivity index is 2.08. The lowest BCUT2D eigenvalue weighted by molar-refractivity contribution is -0.113. The van der Waals surface area contributed by atoms with Gasteiger partial charge in [0.05, 0.1) is 38.3 Å². The first kappa shape index (κ1) is 21.8. The summed E-state index contributed by atoms with van der Waals surface area (Å²) in [6.45, 7) is 0. The van der Waals surface area contributed by atoms with Gasteiger partial charge in [0.2, 0.25) is 5.91 Å². The van der Waals surface area contributed by atoms with Crippen LogP contribution in [0.1, 0.15) is 15.9 Å². The lowest BCUT2D eigenvalue weighted by Gasteiger charge is -2.14. The van der Waals surface area contributed by atoms with Crippen LogP contribution in [0.25, 0.3) is 0 Å². The molecule has 0 aliphatic carbocycles. The summed E-state index contributed by atoms with van der Waals surface area (Å²) in [6, 6.07) is 7.30. The van der Waals surface area contributed by atoms with Gasteiger partial charge in [-0.05, 0) is 17.7 Å². The molecule has 0 atom stereocenters. The average molecular weight is 428 g/mol. The molecule has 0 spiro atoms. The highest BCUT2D eigenvalue weighted by Gasteiger charge is 2.19. The van der Waals surface area contributed by atoms with Crippen LogP contribution in [0.15, 0.2) is 30.3 Å². The van der Waals surface area contributed by atoms with E-state index in [4.69, 9.17) is 25.8 Å². The number of rotatable bonds is 8. The third-order valence-electron chi connectivity index (χ3n) is 3.71. The summed E-state index contributed by atoms with van der Waals surface area (Å²) in [5.41, 5.74) is 0.804. The number of hydrogen-bond donors (Lipinski definition) is 1. The van der Waals surface area contributed by atoms with Crippen molar-refractivity contribution in [3.05, 3.63) is 52.3 Å². The van der Waals surface area contributed by atoms with Gasteiger partial charge in [0.15, 0.2) is 11.5 Å². The number of amides is 1. The molecule has 0 unspecified atom stereocenters. The zero-order valence-corrected chi connectivity index (χ0v) is 17.1. The molecule has 2 rings (SSSR count). The molecule has 0 aliphatic heterocycles. The van der Waals surface area contributed by atoms with Crippen LogP contribution in [0, 0.1) is 5.82 Å². The minimum absolute atomic E-state index is 0.0526. The SMILES string of the molecule is COC(=O)c1cc(OC)c(OC)cc1NC(=O)CSCc1ccc(Cl)cc1F. The van der Waals surface area contributed by atoms with E-state index in [1.165, 1.54) is 51.3 Å². The molecule has 0 bridgehead atoms. The highest BCUT2D eigenvalue weighted by Crippen LogP contribution is 2.34. The Bertz CT molecular complexity index is 878. The van der Waals surface area contributed by atoms with Gasteiger partial charge in [-0.25, -0.2) is 9.18 Å². The number of carbonyl (C=O) groups excluding carboxylic acids is 2. The number of anilines is 1. The van der Waals surface area contributed by atoms with E-state index in [9.17, 15) is 14.0 Å². The summed E-state index contributed by atoms with van der Waals surface area (Å²) in [5, 5.41) is 2.96. The molecule has 0 fully saturated rings. The Labute approximate surface area is 171 Å². The molecule has 0 saturated carbocycles. The van der Waals surface area contributed by atoms with Crippen molar-refractivity contribution in [3.8, 4) is 11.5 Å². The lowest BCUT2D eigenvalue weighted by Crippen LogP contribution is -2.17. The monoisotopic (exact) mass is 427 g/mol. The summed E-state index contributed by atoms with van der Waals surface area (Å²) in [6.07, 6.45) is 0. The van der Waals surface area contributed by atoms with Crippen molar-refractivity contribution in [1.29, 1.82) is 0 Å². The molecule has 1 amide bonds. The first-order chi connectivity index (χ1) is 13.4. The van der Waals surface area contributed by atoms with Crippen LogP contribution in [0.5, 0.6) is 11.5 Å². The van der Waals surface area contributed by atoms with Crippen molar-refractivity contribution in [3.63, 3.8) is 0 Å². The third-order valence-corrected chi connectivity index (χ3v) is 4.93. The Morgan fingerprint density at radius 2 is 1.79 bits per heavy atom. The van der Waals surface area contributed by atoms with Crippen LogP contribution >= 0.6 is 23.4 Å². The van der Waals surface area contributed by atoms with Gasteiger partial charge in [0.25, 0.3) is 0 Å². The van der Waals surface area contributed by atoms with Gasteiger partial charge in [0.1, 0.15) is 5.82 Å². The predicted octanol–water partition coefficient (Wildman–Crippen LogP) is 4.15. The maximum absolute atomic E-state index is 13.8. The van der Waals surface area contributed by atoms with Gasteiger partial charge in [-0.2, -0.15) is 0 Å². The van der Waals surface area contributed by atoms with Gasteiger partial charge >= 0.3 is 5.97 Å². The van der Waals surface area contributed by atoms with E-state index in [-0.39, 0.29) is 22.9 Å². The van der Waals surface area contributed by atoms with Crippen molar-refractivity contribution in [2.75, 3.05) is 32.4 Å². The molecule has 0 aromatic heterocycles. The van der Waals surface area contributed by atoms with Gasteiger partial charge in [0, 0.05) is 22.9 Å². The Hall–Kier alpha value is -2.45. The summed E-state index contributed by atoms with van der Waals surface area (Å²) in [7, 11) is 4.11. The fourth-order valence-corrected chi connectivity index (χ4v) is 3.31. The van der Waals surface area contributed by atoms with Crippen LogP contribution in [0.3, 0.4) is 0 Å². The van der Waals surface area contributed by atoms with Crippen molar-refractivity contribution >= 4 is 40.9 Å². The smallest absolute Gasteiger partial charge is 0.340 e. The molecule has 9 heteroatoms. The number of ether oxygens (including phenoxy) is 3. The predicted molar refractivity (Wildman–Crippen MR) is 107 cm³/mol. The minimum atomic E-state index is -0.632. The van der Waals surface area contributed by atoms with Crippen molar-refractivity contribution in [2.45, 2.75) is 5.75 Å². The molecule has 150 valence electrons. The second kappa shape index (κ2) is 10.2. The largest absolute Gasteiger partial charge is 0.493 e. The molecule has 0 aliphatic rings. The van der Waals surface area contributed by atoms with Gasteiger partial charge in [-0.1, -0.05) is 17.7 Å². The molecular formula is C19H19ClFNO5S. The number of carbonyl (C=O) groups is 2. The summed E-state index contributed by atoms with van der Waals surface area (Å²) < 4.78 is 28.9. The fraction of sp³-hybridized carbons (Fsp3) is 0.263. The van der Waals surface area contributed by atoms with E-state index in [1.807, 2.05) is 0 Å². The number of nitrogens with one attached hydrogen (secondary N) is 1. The third kappa shape index (κ3) is 5.53. The molecule has 1 N–H and O–H groups in total. The average Bonchev–Trinajstić information content (AvgIpc) is 2.68. The summed E-state index contributed by atoms with van der Waals surface area (Å²) >= 11 is 6.95. The fourth-order valence-electron chi connectivity index (χ4n) is 2.34. The van der Waals surface area contributed by atoms with Crippen molar-refractivity contribution in [2.24, 2.45) is 0 Å². The first-order valence-corrected chi connectivity index (χ1v) is 9.58. The maximum atomic E-state index is 13.8. The van der Waals surface area contributed by atoms with E-state index < -0.39 is 11.8 Å². The number of esters is 1. The minimum Gasteiger partial charge on any atom is -0.493 e. The zero-order valence-electron chi connectivity index (χ0n) is 15.5. The van der Waals surface area contributed by atoms with Crippen LogP contribution in [-0.2, 0) is 15.3 Å². The molecule has 28 heavy (non-hydrogen) atoms. The van der Waals surface area contributed by atoms with Gasteiger partial charge in [-0.15, -0.1) is 11.8 Å². The molecule has 0 radical (unpaired) electrons. The number of benzene rings is 2. The lowest BCUT2D eigenvalue weighted by atomic mass is 10.1. The van der Waals surface area contributed by atoms with Crippen LogP contribution in [0.4, 0.5) is 10.1 Å². The van der Waals surface area contributed by atoms with E-state index in [1.54, 1.807) is 12.1 Å². The Morgan fingerprint density at radius 3 is 2.39 bits per heavy atom. The topological polar surface area (TPSA) is 73.9 Å². The molecule has 6 nitrogen and oxygen atoms in total. The van der Waals surface area contributed by atoms with Crippen LogP contribution in [-0.4, -0.2) is 39.0 Å². The van der Waals surface area contributed by atoms with Gasteiger partial charge in [-0.3, -0.25) is 4.79 Å². The molecule has 2 aromatic carbocycles. The first-order valence-electron chi connectivity index (χ1n) is 8.05. The molecule has 0 heterocycles. The Kier molecular flexibility index (Phi) is 7.95. The standard InChI is InChI=1S/C19H19ClFNO5S/c1-25-16-7-13(19(24)27-3)15(8-17(16)26-2)22-18(23)10-28-9-11-4-5-12(20)6-14(11)21/h4-8H,9-10H2,1-3H3,(H,22,23). The van der Waals surface area contributed by atoms with Crippen LogP contribution in [0.2, 0.25) is 5.02 Å². The molecule has 2 aromatic rings. The van der Waals surface area contributed by atoms with E-state index >= 15 is 0 Å². The highest BCUT2D eigenvalue weighted by atomic mass is 35.5. The summed E-state index contributed by atoms with van der Waals surface area (Å²) in [5.74, 6) is -0.393. The number of thioether (sulfide) groups is 1. The normalized spacial score (nSPS) is 10.3. The van der Waals surface area contributed by atoms with Crippen molar-refractivity contribution in [1.82, 2.24) is 0 Å². The quantitative estimate of drug-likeness (QED) is 0.638. The number of hydrogen-bond acceptors (Lipinski definition) is 6. The summed E-state index contributed by atoms with van der Waals surface area (Å²) in [4.78, 5) is 24.3. The molecule has 0 saturated heterocycles. The Morgan fingerprint density at radius 1 is 1.11 bits per heavy atom.